The third-order valence-electron chi connectivity index (χ3n) is 1.63. The van der Waals surface area contributed by atoms with Gasteiger partial charge in [0.2, 0.25) is 0 Å². The van der Waals surface area contributed by atoms with Crippen LogP contribution >= 0.6 is 33.3 Å². The normalized spacial score (nSPS) is 11.9. The number of hydrogen-bond acceptors (Lipinski definition) is 4. The molecule has 0 N–H and O–H groups in total. The number of methoxy groups -OCH3 is 1. The van der Waals surface area contributed by atoms with E-state index < -0.39 is 26.1 Å². The number of hydrogen-bond donors (Lipinski definition) is 0. The van der Waals surface area contributed by atoms with Gasteiger partial charge < -0.3 is 4.74 Å². The van der Waals surface area contributed by atoms with Crippen LogP contribution in [0.5, 0.6) is 5.75 Å². The lowest BCUT2D eigenvalue weighted by atomic mass is 10.3. The summed E-state index contributed by atoms with van der Waals surface area (Å²) in [4.78, 5) is 2.72. The van der Waals surface area contributed by atoms with Crippen LogP contribution in [-0.4, -0.2) is 20.5 Å². The van der Waals surface area contributed by atoms with Gasteiger partial charge in [-0.2, -0.15) is 0 Å². The summed E-state index contributed by atoms with van der Waals surface area (Å²) in [5.41, 5.74) is -0.875. The number of nitrogens with zero attached hydrogens (tertiary/aromatic N) is 1. The summed E-state index contributed by atoms with van der Waals surface area (Å²) in [5, 5.41) is 0. The Labute approximate surface area is 109 Å². The van der Waals surface area contributed by atoms with Crippen LogP contribution in [-0.2, 0) is 9.05 Å². The highest BCUT2D eigenvalue weighted by molar-refractivity contribution is 14.1. The highest BCUT2D eigenvalue weighted by Crippen LogP contribution is 2.32. The van der Waals surface area contributed by atoms with Crippen LogP contribution in [0.3, 0.4) is 0 Å². The number of halogens is 4. The van der Waals surface area contributed by atoms with E-state index in [0.29, 0.717) is 0 Å². The zero-order valence-corrected chi connectivity index (χ0v) is 11.5. The maximum atomic E-state index is 12.5. The molecule has 0 aliphatic rings. The van der Waals surface area contributed by atoms with Crippen LogP contribution in [0.1, 0.15) is 12.1 Å². The van der Waals surface area contributed by atoms with E-state index in [9.17, 15) is 17.2 Å². The van der Waals surface area contributed by atoms with Gasteiger partial charge in [-0.05, 0) is 22.6 Å². The molecule has 16 heavy (non-hydrogen) atoms. The fourth-order valence-corrected chi connectivity index (χ4v) is 2.60. The zero-order valence-electron chi connectivity index (χ0n) is 7.75. The van der Waals surface area contributed by atoms with Crippen LogP contribution in [0.2, 0.25) is 0 Å². The van der Waals surface area contributed by atoms with Crippen molar-refractivity contribution in [1.29, 1.82) is 0 Å². The Bertz CT molecular complexity index is 509. The molecule has 0 unspecified atom stereocenters. The first-order valence-corrected chi connectivity index (χ1v) is 7.13. The van der Waals surface area contributed by atoms with Crippen molar-refractivity contribution in [3.8, 4) is 5.75 Å². The van der Waals surface area contributed by atoms with E-state index in [4.69, 9.17) is 15.4 Å². The SMILES string of the molecule is COc1cc(S(=O)(=O)Cl)c(C(F)F)nc1I. The summed E-state index contributed by atoms with van der Waals surface area (Å²) in [6.07, 6.45) is -3.03. The van der Waals surface area contributed by atoms with E-state index in [1.165, 1.54) is 7.11 Å². The highest BCUT2D eigenvalue weighted by Gasteiger charge is 2.25. The van der Waals surface area contributed by atoms with Gasteiger partial charge in [-0.15, -0.1) is 0 Å². The number of rotatable bonds is 3. The maximum absolute atomic E-state index is 12.5. The topological polar surface area (TPSA) is 56.3 Å². The molecular weight excluding hydrogens is 379 g/mol. The van der Waals surface area contributed by atoms with Crippen LogP contribution in [0.4, 0.5) is 8.78 Å². The molecule has 1 rings (SSSR count). The van der Waals surface area contributed by atoms with E-state index in [2.05, 4.69) is 4.98 Å². The third-order valence-corrected chi connectivity index (χ3v) is 3.75. The van der Waals surface area contributed by atoms with Gasteiger partial charge in [0, 0.05) is 16.7 Å². The fourth-order valence-electron chi connectivity index (χ4n) is 0.963. The summed E-state index contributed by atoms with van der Waals surface area (Å²) in [6, 6.07) is 0.929. The maximum Gasteiger partial charge on any atom is 0.281 e. The second-order valence-electron chi connectivity index (χ2n) is 2.60. The van der Waals surface area contributed by atoms with Gasteiger partial charge in [0.25, 0.3) is 15.5 Å². The fraction of sp³-hybridized carbons (Fsp3) is 0.286. The Morgan fingerprint density at radius 3 is 2.50 bits per heavy atom. The van der Waals surface area contributed by atoms with Crippen LogP contribution in [0.15, 0.2) is 11.0 Å². The monoisotopic (exact) mass is 383 g/mol. The molecule has 0 bridgehead atoms. The van der Waals surface area contributed by atoms with Crippen molar-refractivity contribution in [2.45, 2.75) is 11.3 Å². The van der Waals surface area contributed by atoms with Crippen molar-refractivity contribution in [2.75, 3.05) is 7.11 Å². The van der Waals surface area contributed by atoms with Gasteiger partial charge in [-0.1, -0.05) is 0 Å². The van der Waals surface area contributed by atoms with Gasteiger partial charge in [0.15, 0.2) is 5.75 Å². The van der Waals surface area contributed by atoms with E-state index in [0.717, 1.165) is 6.07 Å². The summed E-state index contributed by atoms with van der Waals surface area (Å²) < 4.78 is 52.1. The molecule has 1 aromatic rings. The van der Waals surface area contributed by atoms with Crippen molar-refractivity contribution in [3.05, 3.63) is 15.5 Å². The predicted molar refractivity (Wildman–Crippen MR) is 61.5 cm³/mol. The first kappa shape index (κ1) is 13.8. The molecule has 4 nitrogen and oxygen atoms in total. The minimum Gasteiger partial charge on any atom is -0.494 e. The quantitative estimate of drug-likeness (QED) is 0.457. The highest BCUT2D eigenvalue weighted by atomic mass is 127. The van der Waals surface area contributed by atoms with Crippen molar-refractivity contribution >= 4 is 42.3 Å². The molecule has 0 aromatic carbocycles. The van der Waals surface area contributed by atoms with E-state index >= 15 is 0 Å². The van der Waals surface area contributed by atoms with Gasteiger partial charge in [0.1, 0.15) is 14.3 Å². The van der Waals surface area contributed by atoms with Crippen molar-refractivity contribution in [2.24, 2.45) is 0 Å². The Kier molecular flexibility index (Phi) is 4.29. The Balaban J connectivity index is 3.56. The summed E-state index contributed by atoms with van der Waals surface area (Å²) in [6.45, 7) is 0. The molecule has 90 valence electrons. The largest absolute Gasteiger partial charge is 0.494 e. The minimum atomic E-state index is -4.28. The molecule has 9 heteroatoms. The minimum absolute atomic E-state index is 0.0734. The second-order valence-corrected chi connectivity index (χ2v) is 6.16. The average molecular weight is 384 g/mol. The molecule has 0 aliphatic carbocycles. The smallest absolute Gasteiger partial charge is 0.281 e. The second kappa shape index (κ2) is 4.96. The molecule has 1 aromatic heterocycles. The molecule has 0 amide bonds. The lowest BCUT2D eigenvalue weighted by Crippen LogP contribution is -2.05. The van der Waals surface area contributed by atoms with Crippen molar-refractivity contribution < 1.29 is 21.9 Å². The van der Waals surface area contributed by atoms with Crippen LogP contribution < -0.4 is 4.74 Å². The molecule has 0 saturated carbocycles. The van der Waals surface area contributed by atoms with Gasteiger partial charge >= 0.3 is 0 Å². The Morgan fingerprint density at radius 2 is 2.12 bits per heavy atom. The first-order chi connectivity index (χ1) is 7.27. The Morgan fingerprint density at radius 1 is 1.56 bits per heavy atom. The molecule has 0 saturated heterocycles. The van der Waals surface area contributed by atoms with Crippen molar-refractivity contribution in [3.63, 3.8) is 0 Å². The molecule has 0 fully saturated rings. The number of aromatic nitrogens is 1. The first-order valence-electron chi connectivity index (χ1n) is 3.74. The third kappa shape index (κ3) is 2.92. The van der Waals surface area contributed by atoms with E-state index in [-0.39, 0.29) is 9.45 Å². The van der Waals surface area contributed by atoms with Gasteiger partial charge in [-0.25, -0.2) is 22.2 Å². The molecule has 0 radical (unpaired) electrons. The number of pyridine rings is 1. The average Bonchev–Trinajstić information content (AvgIpc) is 2.15. The lowest BCUT2D eigenvalue weighted by molar-refractivity contribution is 0.142. The van der Waals surface area contributed by atoms with E-state index in [1.807, 2.05) is 0 Å². The molecule has 1 heterocycles. The van der Waals surface area contributed by atoms with Gasteiger partial charge in [0.05, 0.1) is 7.11 Å². The zero-order chi connectivity index (χ0) is 12.5. The molecule has 0 spiro atoms. The Hall–Kier alpha value is -0.220. The standard InChI is InChI=1S/C7H5ClF2INO3S/c1-15-3-2-4(16(8,13)14)5(6(9)10)12-7(3)11/h2,6H,1H3. The van der Waals surface area contributed by atoms with Crippen molar-refractivity contribution in [1.82, 2.24) is 4.98 Å². The number of ether oxygens (including phenoxy) is 1. The summed E-state index contributed by atoms with van der Waals surface area (Å²) >= 11 is 1.66. The summed E-state index contributed by atoms with van der Waals surface area (Å²) in [5.74, 6) is 0.0734. The van der Waals surface area contributed by atoms with Crippen LogP contribution in [0.25, 0.3) is 0 Å². The predicted octanol–water partition coefficient (Wildman–Crippen LogP) is 2.56. The summed E-state index contributed by atoms with van der Waals surface area (Å²) in [7, 11) is 2.02. The number of alkyl halides is 2. The van der Waals surface area contributed by atoms with E-state index in [1.54, 1.807) is 22.6 Å². The lowest BCUT2D eigenvalue weighted by Gasteiger charge is -2.09. The van der Waals surface area contributed by atoms with Gasteiger partial charge in [-0.3, -0.25) is 0 Å². The molecule has 0 atom stereocenters. The van der Waals surface area contributed by atoms with Crippen LogP contribution in [0, 0.1) is 3.70 Å². The molecular formula is C7H5ClF2INO3S. The molecule has 0 aliphatic heterocycles.